The average Bonchev–Trinajstić information content (AvgIpc) is 3.02. The zero-order valence-corrected chi connectivity index (χ0v) is 21.5. The molecule has 2 heteroatoms. The van der Waals surface area contributed by atoms with Gasteiger partial charge in [-0.2, -0.15) is 0 Å². The number of nitrogens with one attached hydrogen (secondary N) is 1. The summed E-state index contributed by atoms with van der Waals surface area (Å²) in [6.45, 7) is 0. The predicted octanol–water partition coefficient (Wildman–Crippen LogP) is 9.35. The number of hydrogen-bond acceptors (Lipinski definition) is 2. The Balaban J connectivity index is 1.69. The summed E-state index contributed by atoms with van der Waals surface area (Å²) in [5.41, 5.74) is 1.27. The molecule has 1 aromatic rings. The fourth-order valence-electron chi connectivity index (χ4n) is 5.77. The third-order valence-electron chi connectivity index (χ3n) is 7.88. The van der Waals surface area contributed by atoms with Crippen molar-refractivity contribution < 1.29 is 0 Å². The van der Waals surface area contributed by atoms with Crippen molar-refractivity contribution in [2.24, 2.45) is 4.99 Å². The number of rotatable bonds is 3. The van der Waals surface area contributed by atoms with E-state index < -0.39 is 0 Å². The van der Waals surface area contributed by atoms with Gasteiger partial charge in [0.25, 0.3) is 0 Å². The molecule has 0 heterocycles. The van der Waals surface area contributed by atoms with E-state index in [9.17, 15) is 0 Å². The van der Waals surface area contributed by atoms with E-state index >= 15 is 0 Å². The molecule has 0 radical (unpaired) electrons. The summed E-state index contributed by atoms with van der Waals surface area (Å²) in [4.78, 5) is 5.39. The molecule has 33 heavy (non-hydrogen) atoms. The highest BCUT2D eigenvalue weighted by Gasteiger charge is 2.12. The van der Waals surface area contributed by atoms with Crippen molar-refractivity contribution in [3.05, 3.63) is 35.7 Å². The highest BCUT2D eigenvalue weighted by atomic mass is 14.9. The van der Waals surface area contributed by atoms with E-state index in [4.69, 9.17) is 4.99 Å². The molecule has 2 saturated carbocycles. The van der Waals surface area contributed by atoms with Gasteiger partial charge in [-0.25, -0.2) is 0 Å². The minimum Gasteiger partial charge on any atom is -0.381 e. The molecule has 2 nitrogen and oxygen atoms in total. The van der Waals surface area contributed by atoms with Crippen LogP contribution in [0.25, 0.3) is 0 Å². The van der Waals surface area contributed by atoms with Gasteiger partial charge >= 0.3 is 0 Å². The second kappa shape index (κ2) is 17.2. The smallest absolute Gasteiger partial charge is 0.0809 e. The molecule has 0 atom stereocenters. The molecule has 1 aromatic carbocycles. The number of hydrogen-bond donors (Lipinski definition) is 1. The first-order valence-corrected chi connectivity index (χ1v) is 14.8. The lowest BCUT2D eigenvalue weighted by molar-refractivity contribution is 0.462. The first-order chi connectivity index (χ1) is 16.4. The normalized spacial score (nSPS) is 22.8. The lowest BCUT2D eigenvalue weighted by atomic mass is 9.97. The summed E-state index contributed by atoms with van der Waals surface area (Å²) in [5, 5.41) is 5.18. The Hall–Kier alpha value is -1.31. The van der Waals surface area contributed by atoms with Gasteiger partial charge in [-0.05, 0) is 37.8 Å². The Kier molecular flexibility index (Phi) is 13.7. The molecule has 186 valence electrons. The summed E-state index contributed by atoms with van der Waals surface area (Å²) in [5.74, 6) is 0. The Bertz CT molecular complexity index is 659. The lowest BCUT2D eigenvalue weighted by Gasteiger charge is -2.21. The minimum atomic E-state index is 0.490. The SMILES string of the molecule is c1ccc(NC2CCCCCCCCCCC2)c(=NC2CCCCCCCCCCC2)cc1. The summed E-state index contributed by atoms with van der Waals surface area (Å²) in [7, 11) is 0. The van der Waals surface area contributed by atoms with Crippen LogP contribution in [0, 0.1) is 0 Å². The summed E-state index contributed by atoms with van der Waals surface area (Å²) in [6.07, 6.45) is 30.5. The standard InChI is InChI=1S/C31H52N2/c1-3-7-11-16-22-28(23-17-12-8-4-1)32-30-26-20-15-21-27-31(30)33-29-24-18-13-9-5-2-6-10-14-19-25-29/h15,20-21,26-29H,1-14,16-19,22-25H2,(H,32,33). The van der Waals surface area contributed by atoms with E-state index in [2.05, 4.69) is 35.6 Å². The van der Waals surface area contributed by atoms with Crippen LogP contribution in [-0.2, 0) is 0 Å². The van der Waals surface area contributed by atoms with E-state index in [1.165, 1.54) is 152 Å². The van der Waals surface area contributed by atoms with Crippen LogP contribution in [-0.4, -0.2) is 12.1 Å². The van der Waals surface area contributed by atoms with Crippen molar-refractivity contribution in [2.45, 2.75) is 153 Å². The van der Waals surface area contributed by atoms with Crippen LogP contribution in [0.15, 0.2) is 35.3 Å². The molecule has 0 spiro atoms. The maximum absolute atomic E-state index is 5.39. The van der Waals surface area contributed by atoms with Gasteiger partial charge in [0, 0.05) is 6.04 Å². The fraction of sp³-hybridized carbons (Fsp3) is 0.774. The average molecular weight is 453 g/mol. The Labute approximate surface area is 205 Å². The highest BCUT2D eigenvalue weighted by molar-refractivity contribution is 5.42. The molecule has 2 aliphatic rings. The first-order valence-electron chi connectivity index (χ1n) is 14.8. The van der Waals surface area contributed by atoms with E-state index in [0.29, 0.717) is 12.1 Å². The van der Waals surface area contributed by atoms with Gasteiger partial charge < -0.3 is 5.32 Å². The van der Waals surface area contributed by atoms with Crippen LogP contribution in [0.2, 0.25) is 0 Å². The topological polar surface area (TPSA) is 24.4 Å². The maximum Gasteiger partial charge on any atom is 0.0809 e. The minimum absolute atomic E-state index is 0.490. The predicted molar refractivity (Wildman–Crippen MR) is 145 cm³/mol. The second-order valence-electron chi connectivity index (χ2n) is 10.9. The Morgan fingerprint density at radius 2 is 0.909 bits per heavy atom. The van der Waals surface area contributed by atoms with Crippen LogP contribution in [0.3, 0.4) is 0 Å². The van der Waals surface area contributed by atoms with Gasteiger partial charge in [-0.1, -0.05) is 134 Å². The van der Waals surface area contributed by atoms with E-state index in [1.807, 2.05) is 0 Å². The molecule has 0 aliphatic heterocycles. The van der Waals surface area contributed by atoms with Crippen LogP contribution in [0.5, 0.6) is 0 Å². The molecular weight excluding hydrogens is 400 g/mol. The third kappa shape index (κ3) is 11.6. The van der Waals surface area contributed by atoms with Crippen molar-refractivity contribution >= 4 is 5.69 Å². The molecule has 3 rings (SSSR count). The highest BCUT2D eigenvalue weighted by Crippen LogP contribution is 2.21. The number of nitrogens with zero attached hydrogens (tertiary/aromatic N) is 1. The zero-order chi connectivity index (χ0) is 22.8. The van der Waals surface area contributed by atoms with Crippen molar-refractivity contribution in [3.8, 4) is 0 Å². The van der Waals surface area contributed by atoms with Crippen molar-refractivity contribution in [2.75, 3.05) is 5.32 Å². The van der Waals surface area contributed by atoms with Crippen LogP contribution in [0.4, 0.5) is 5.69 Å². The van der Waals surface area contributed by atoms with Gasteiger partial charge in [-0.3, -0.25) is 4.99 Å². The second-order valence-corrected chi connectivity index (χ2v) is 10.9. The van der Waals surface area contributed by atoms with E-state index in [1.54, 1.807) is 0 Å². The van der Waals surface area contributed by atoms with Crippen LogP contribution >= 0.6 is 0 Å². The molecular formula is C31H52N2. The number of anilines is 1. The molecule has 0 amide bonds. The van der Waals surface area contributed by atoms with Crippen LogP contribution < -0.4 is 10.7 Å². The van der Waals surface area contributed by atoms with Crippen LogP contribution in [0.1, 0.15) is 141 Å². The van der Waals surface area contributed by atoms with E-state index in [-0.39, 0.29) is 0 Å². The molecule has 0 aromatic heterocycles. The van der Waals surface area contributed by atoms with Gasteiger partial charge in [0.05, 0.1) is 17.1 Å². The largest absolute Gasteiger partial charge is 0.381 e. The summed E-state index contributed by atoms with van der Waals surface area (Å²) >= 11 is 0. The summed E-state index contributed by atoms with van der Waals surface area (Å²) in [6, 6.07) is 12.2. The van der Waals surface area contributed by atoms with Gasteiger partial charge in [0.1, 0.15) is 0 Å². The fourth-order valence-corrected chi connectivity index (χ4v) is 5.77. The molecule has 0 saturated heterocycles. The molecule has 0 bridgehead atoms. The van der Waals surface area contributed by atoms with Gasteiger partial charge in [0.2, 0.25) is 0 Å². The van der Waals surface area contributed by atoms with Crippen molar-refractivity contribution in [1.82, 2.24) is 0 Å². The molecule has 1 N–H and O–H groups in total. The lowest BCUT2D eigenvalue weighted by Crippen LogP contribution is -2.24. The molecule has 2 aliphatic carbocycles. The Morgan fingerprint density at radius 3 is 1.42 bits per heavy atom. The quantitative estimate of drug-likeness (QED) is 0.485. The zero-order valence-electron chi connectivity index (χ0n) is 21.5. The maximum atomic E-state index is 5.39. The molecule has 0 unspecified atom stereocenters. The molecule has 2 fully saturated rings. The first kappa shape index (κ1) is 26.3. The van der Waals surface area contributed by atoms with Gasteiger partial charge in [-0.15, -0.1) is 0 Å². The van der Waals surface area contributed by atoms with Crippen molar-refractivity contribution in [3.63, 3.8) is 0 Å². The van der Waals surface area contributed by atoms with Crippen molar-refractivity contribution in [1.29, 1.82) is 0 Å². The monoisotopic (exact) mass is 452 g/mol. The van der Waals surface area contributed by atoms with E-state index in [0.717, 1.165) is 0 Å². The third-order valence-corrected chi connectivity index (χ3v) is 7.88. The Morgan fingerprint density at radius 1 is 0.485 bits per heavy atom. The van der Waals surface area contributed by atoms with Gasteiger partial charge in [0.15, 0.2) is 0 Å². The summed E-state index contributed by atoms with van der Waals surface area (Å²) < 4.78 is 0.